The SMILES string of the molecule is NC(=S)C(NC(=O)Cc1ccc(F)cc1)C1CC1. The Hall–Kier alpha value is -1.49. The number of rotatable bonds is 5. The number of hydrogen-bond donors (Lipinski definition) is 2. The fourth-order valence-electron chi connectivity index (χ4n) is 1.86. The van der Waals surface area contributed by atoms with Crippen LogP contribution in [-0.2, 0) is 11.2 Å². The number of nitrogens with one attached hydrogen (secondary N) is 1. The second-order valence-corrected chi connectivity index (χ2v) is 5.06. The molecule has 2 rings (SSSR count). The summed E-state index contributed by atoms with van der Waals surface area (Å²) in [5, 5.41) is 2.84. The van der Waals surface area contributed by atoms with E-state index in [9.17, 15) is 9.18 Å². The molecule has 1 aromatic carbocycles. The van der Waals surface area contributed by atoms with Crippen LogP contribution in [0.5, 0.6) is 0 Å². The minimum Gasteiger partial charge on any atom is -0.392 e. The first-order valence-electron chi connectivity index (χ1n) is 5.89. The third-order valence-corrected chi connectivity index (χ3v) is 3.25. The largest absolute Gasteiger partial charge is 0.392 e. The Bertz CT molecular complexity index is 457. The van der Waals surface area contributed by atoms with Crippen LogP contribution in [0.2, 0.25) is 0 Å². The summed E-state index contributed by atoms with van der Waals surface area (Å²) in [5.41, 5.74) is 6.38. The molecule has 1 fully saturated rings. The Kier molecular flexibility index (Phi) is 3.91. The second-order valence-electron chi connectivity index (χ2n) is 4.59. The summed E-state index contributed by atoms with van der Waals surface area (Å²) in [6.45, 7) is 0. The Morgan fingerprint density at radius 2 is 2.06 bits per heavy atom. The van der Waals surface area contributed by atoms with Crippen LogP contribution >= 0.6 is 12.2 Å². The number of carbonyl (C=O) groups excluding carboxylic acids is 1. The summed E-state index contributed by atoms with van der Waals surface area (Å²) in [6.07, 6.45) is 2.32. The van der Waals surface area contributed by atoms with Crippen molar-refractivity contribution in [2.75, 3.05) is 0 Å². The Morgan fingerprint density at radius 3 is 2.56 bits per heavy atom. The summed E-state index contributed by atoms with van der Waals surface area (Å²) in [7, 11) is 0. The maximum absolute atomic E-state index is 12.7. The summed E-state index contributed by atoms with van der Waals surface area (Å²) in [4.78, 5) is 12.2. The van der Waals surface area contributed by atoms with E-state index in [2.05, 4.69) is 5.32 Å². The molecule has 0 aromatic heterocycles. The summed E-state index contributed by atoms with van der Waals surface area (Å²) < 4.78 is 12.7. The first kappa shape index (κ1) is 13.0. The first-order valence-corrected chi connectivity index (χ1v) is 6.30. The normalized spacial score (nSPS) is 16.1. The van der Waals surface area contributed by atoms with Gasteiger partial charge < -0.3 is 11.1 Å². The molecular formula is C13H15FN2OS. The lowest BCUT2D eigenvalue weighted by Gasteiger charge is -2.16. The van der Waals surface area contributed by atoms with Gasteiger partial charge >= 0.3 is 0 Å². The highest BCUT2D eigenvalue weighted by Crippen LogP contribution is 2.32. The van der Waals surface area contributed by atoms with Crippen molar-refractivity contribution in [2.24, 2.45) is 11.7 Å². The lowest BCUT2D eigenvalue weighted by atomic mass is 10.1. The summed E-state index contributed by atoms with van der Waals surface area (Å²) in [5.74, 6) is -0.0517. The lowest BCUT2D eigenvalue weighted by molar-refractivity contribution is -0.120. The second kappa shape index (κ2) is 5.44. The fourth-order valence-corrected chi connectivity index (χ4v) is 2.11. The van der Waals surface area contributed by atoms with Crippen LogP contribution in [0.3, 0.4) is 0 Å². The third-order valence-electron chi connectivity index (χ3n) is 2.99. The van der Waals surface area contributed by atoms with E-state index >= 15 is 0 Å². The van der Waals surface area contributed by atoms with Crippen LogP contribution in [0.1, 0.15) is 18.4 Å². The molecule has 1 unspecified atom stereocenters. The van der Waals surface area contributed by atoms with Crippen molar-refractivity contribution in [3.8, 4) is 0 Å². The molecule has 96 valence electrons. The molecule has 5 heteroatoms. The molecule has 0 saturated heterocycles. The zero-order valence-corrected chi connectivity index (χ0v) is 10.7. The van der Waals surface area contributed by atoms with Crippen molar-refractivity contribution in [2.45, 2.75) is 25.3 Å². The molecule has 3 N–H and O–H groups in total. The molecule has 0 spiro atoms. The maximum atomic E-state index is 12.7. The number of benzene rings is 1. The molecule has 0 aliphatic heterocycles. The van der Waals surface area contributed by atoms with Crippen molar-refractivity contribution in [1.82, 2.24) is 5.32 Å². The van der Waals surface area contributed by atoms with Crippen LogP contribution in [-0.4, -0.2) is 16.9 Å². The third kappa shape index (κ3) is 3.50. The number of thiocarbonyl (C=S) groups is 1. The highest BCUT2D eigenvalue weighted by molar-refractivity contribution is 7.80. The van der Waals surface area contributed by atoms with Gasteiger partial charge in [0.15, 0.2) is 0 Å². The highest BCUT2D eigenvalue weighted by Gasteiger charge is 2.33. The number of halogens is 1. The molecule has 1 amide bonds. The number of carbonyl (C=O) groups is 1. The molecule has 18 heavy (non-hydrogen) atoms. The molecule has 1 aliphatic carbocycles. The smallest absolute Gasteiger partial charge is 0.224 e. The van der Waals surface area contributed by atoms with E-state index in [-0.39, 0.29) is 24.2 Å². The monoisotopic (exact) mass is 266 g/mol. The Labute approximate surface area is 111 Å². The van der Waals surface area contributed by atoms with E-state index in [4.69, 9.17) is 18.0 Å². The summed E-state index contributed by atoms with van der Waals surface area (Å²) >= 11 is 4.95. The molecular weight excluding hydrogens is 251 g/mol. The van der Waals surface area contributed by atoms with Crippen molar-refractivity contribution in [3.63, 3.8) is 0 Å². The summed E-state index contributed by atoms with van der Waals surface area (Å²) in [6, 6.07) is 5.68. The predicted molar refractivity (Wildman–Crippen MR) is 71.5 cm³/mol. The van der Waals surface area contributed by atoms with Gasteiger partial charge in [-0.1, -0.05) is 24.4 Å². The molecule has 3 nitrogen and oxygen atoms in total. The first-order chi connectivity index (χ1) is 8.56. The van der Waals surface area contributed by atoms with Crippen LogP contribution in [0, 0.1) is 11.7 Å². The quantitative estimate of drug-likeness (QED) is 0.795. The Balaban J connectivity index is 1.91. The van der Waals surface area contributed by atoms with Gasteiger partial charge in [0.2, 0.25) is 5.91 Å². The molecule has 0 radical (unpaired) electrons. The van der Waals surface area contributed by atoms with E-state index in [0.717, 1.165) is 18.4 Å². The molecule has 0 heterocycles. The van der Waals surface area contributed by atoms with Crippen LogP contribution < -0.4 is 11.1 Å². The van der Waals surface area contributed by atoms with Gasteiger partial charge in [-0.05, 0) is 36.5 Å². The average Bonchev–Trinajstić information content (AvgIpc) is 3.13. The van der Waals surface area contributed by atoms with Crippen molar-refractivity contribution >= 4 is 23.1 Å². The van der Waals surface area contributed by atoms with E-state index in [1.807, 2.05) is 0 Å². The predicted octanol–water partition coefficient (Wildman–Crippen LogP) is 1.55. The van der Waals surface area contributed by atoms with Gasteiger partial charge in [-0.2, -0.15) is 0 Å². The molecule has 1 aliphatic rings. The van der Waals surface area contributed by atoms with Crippen LogP contribution in [0.15, 0.2) is 24.3 Å². The number of hydrogen-bond acceptors (Lipinski definition) is 2. The van der Waals surface area contributed by atoms with E-state index in [1.165, 1.54) is 12.1 Å². The number of amides is 1. The van der Waals surface area contributed by atoms with Crippen LogP contribution in [0.25, 0.3) is 0 Å². The van der Waals surface area contributed by atoms with Gasteiger partial charge in [0.1, 0.15) is 5.82 Å². The molecule has 1 atom stereocenters. The zero-order valence-electron chi connectivity index (χ0n) is 9.86. The highest BCUT2D eigenvalue weighted by atomic mass is 32.1. The van der Waals surface area contributed by atoms with Gasteiger partial charge in [-0.3, -0.25) is 4.79 Å². The van der Waals surface area contributed by atoms with Crippen molar-refractivity contribution < 1.29 is 9.18 Å². The molecule has 0 bridgehead atoms. The average molecular weight is 266 g/mol. The zero-order chi connectivity index (χ0) is 13.1. The maximum Gasteiger partial charge on any atom is 0.224 e. The van der Waals surface area contributed by atoms with Gasteiger partial charge in [0.25, 0.3) is 0 Å². The minimum absolute atomic E-state index is 0.133. The van der Waals surface area contributed by atoms with Crippen molar-refractivity contribution in [1.29, 1.82) is 0 Å². The minimum atomic E-state index is -0.307. The van der Waals surface area contributed by atoms with Gasteiger partial charge in [0, 0.05) is 0 Å². The molecule has 1 aromatic rings. The topological polar surface area (TPSA) is 55.1 Å². The van der Waals surface area contributed by atoms with E-state index in [0.29, 0.717) is 10.9 Å². The molecule has 1 saturated carbocycles. The van der Waals surface area contributed by atoms with Crippen LogP contribution in [0.4, 0.5) is 4.39 Å². The van der Waals surface area contributed by atoms with E-state index < -0.39 is 0 Å². The standard InChI is InChI=1S/C13H15FN2OS/c14-10-5-1-8(2-6-10)7-11(17)16-12(13(15)18)9-3-4-9/h1-2,5-6,9,12H,3-4,7H2,(H2,15,18)(H,16,17). The Morgan fingerprint density at radius 1 is 1.44 bits per heavy atom. The van der Waals surface area contributed by atoms with Crippen molar-refractivity contribution in [3.05, 3.63) is 35.6 Å². The van der Waals surface area contributed by atoms with E-state index in [1.54, 1.807) is 12.1 Å². The number of nitrogens with two attached hydrogens (primary N) is 1. The van der Waals surface area contributed by atoms with Gasteiger partial charge in [-0.25, -0.2) is 4.39 Å². The lowest BCUT2D eigenvalue weighted by Crippen LogP contribution is -2.45. The van der Waals surface area contributed by atoms with Gasteiger partial charge in [0.05, 0.1) is 17.5 Å². The fraction of sp³-hybridized carbons (Fsp3) is 0.385. The van der Waals surface area contributed by atoms with Gasteiger partial charge in [-0.15, -0.1) is 0 Å².